The SMILES string of the molecule is CCOc1ccccc1OCCNCCCC(OCC)c1ccc(OC)cc1OC. The molecule has 0 aliphatic rings. The van der Waals surface area contributed by atoms with Gasteiger partial charge in [0.15, 0.2) is 11.5 Å². The van der Waals surface area contributed by atoms with Crippen LogP contribution in [0.15, 0.2) is 42.5 Å². The molecule has 0 bridgehead atoms. The maximum atomic E-state index is 5.98. The van der Waals surface area contributed by atoms with Crippen molar-refractivity contribution in [2.24, 2.45) is 0 Å². The average Bonchev–Trinajstić information content (AvgIpc) is 2.78. The van der Waals surface area contributed by atoms with Gasteiger partial charge in [-0.25, -0.2) is 0 Å². The van der Waals surface area contributed by atoms with Gasteiger partial charge in [0.05, 0.1) is 26.9 Å². The average molecular weight is 418 g/mol. The maximum absolute atomic E-state index is 5.98. The van der Waals surface area contributed by atoms with E-state index in [0.717, 1.165) is 54.5 Å². The summed E-state index contributed by atoms with van der Waals surface area (Å²) in [5, 5.41) is 3.43. The molecule has 1 atom stereocenters. The lowest BCUT2D eigenvalue weighted by Crippen LogP contribution is -2.22. The first kappa shape index (κ1) is 23.8. The normalized spacial score (nSPS) is 11.7. The summed E-state index contributed by atoms with van der Waals surface area (Å²) in [5.41, 5.74) is 1.05. The van der Waals surface area contributed by atoms with Crippen LogP contribution in [0.5, 0.6) is 23.0 Å². The zero-order valence-electron chi connectivity index (χ0n) is 18.6. The number of benzene rings is 2. The molecule has 6 heteroatoms. The lowest BCUT2D eigenvalue weighted by Gasteiger charge is -2.20. The molecule has 0 heterocycles. The molecule has 1 unspecified atom stereocenters. The highest BCUT2D eigenvalue weighted by molar-refractivity contribution is 5.42. The van der Waals surface area contributed by atoms with Crippen molar-refractivity contribution < 1.29 is 23.7 Å². The van der Waals surface area contributed by atoms with Crippen molar-refractivity contribution in [2.45, 2.75) is 32.8 Å². The highest BCUT2D eigenvalue weighted by atomic mass is 16.5. The van der Waals surface area contributed by atoms with Gasteiger partial charge in [-0.2, -0.15) is 0 Å². The lowest BCUT2D eigenvalue weighted by atomic mass is 10.0. The summed E-state index contributed by atoms with van der Waals surface area (Å²) in [6.07, 6.45) is 1.87. The Hall–Kier alpha value is -2.44. The zero-order chi connectivity index (χ0) is 21.6. The van der Waals surface area contributed by atoms with Crippen LogP contribution in [0.1, 0.15) is 38.4 Å². The third-order valence-corrected chi connectivity index (χ3v) is 4.66. The highest BCUT2D eigenvalue weighted by Gasteiger charge is 2.17. The van der Waals surface area contributed by atoms with Gasteiger partial charge >= 0.3 is 0 Å². The van der Waals surface area contributed by atoms with E-state index in [2.05, 4.69) is 5.32 Å². The number of para-hydroxylation sites is 2. The van der Waals surface area contributed by atoms with Crippen molar-refractivity contribution in [3.8, 4) is 23.0 Å². The van der Waals surface area contributed by atoms with Crippen LogP contribution >= 0.6 is 0 Å². The molecule has 0 saturated heterocycles. The van der Waals surface area contributed by atoms with Crippen LogP contribution in [0.3, 0.4) is 0 Å². The first-order valence-electron chi connectivity index (χ1n) is 10.6. The van der Waals surface area contributed by atoms with Gasteiger partial charge in [-0.3, -0.25) is 0 Å². The molecule has 0 amide bonds. The molecule has 0 aliphatic carbocycles. The van der Waals surface area contributed by atoms with Gasteiger partial charge in [-0.05, 0) is 57.5 Å². The molecule has 2 aromatic carbocycles. The minimum absolute atomic E-state index is 0.00743. The van der Waals surface area contributed by atoms with Crippen molar-refractivity contribution in [2.75, 3.05) is 47.1 Å². The molecule has 0 spiro atoms. The minimum Gasteiger partial charge on any atom is -0.497 e. The molecule has 2 rings (SSSR count). The summed E-state index contributed by atoms with van der Waals surface area (Å²) in [6, 6.07) is 13.6. The van der Waals surface area contributed by atoms with E-state index in [1.165, 1.54) is 0 Å². The van der Waals surface area contributed by atoms with Crippen LogP contribution < -0.4 is 24.3 Å². The van der Waals surface area contributed by atoms with E-state index in [1.807, 2.05) is 56.3 Å². The van der Waals surface area contributed by atoms with Gasteiger partial charge in [-0.15, -0.1) is 0 Å². The monoisotopic (exact) mass is 417 g/mol. The Labute approximate surface area is 180 Å². The van der Waals surface area contributed by atoms with E-state index < -0.39 is 0 Å². The van der Waals surface area contributed by atoms with Gasteiger partial charge in [-0.1, -0.05) is 12.1 Å². The van der Waals surface area contributed by atoms with E-state index in [4.69, 9.17) is 23.7 Å². The molecule has 1 N–H and O–H groups in total. The molecule has 0 fully saturated rings. The first-order chi connectivity index (χ1) is 14.7. The van der Waals surface area contributed by atoms with Crippen molar-refractivity contribution in [3.63, 3.8) is 0 Å². The number of ether oxygens (including phenoxy) is 5. The largest absolute Gasteiger partial charge is 0.497 e. The van der Waals surface area contributed by atoms with E-state index in [9.17, 15) is 0 Å². The molecule has 166 valence electrons. The fourth-order valence-electron chi connectivity index (χ4n) is 3.23. The van der Waals surface area contributed by atoms with E-state index >= 15 is 0 Å². The van der Waals surface area contributed by atoms with E-state index in [0.29, 0.717) is 19.8 Å². The second-order valence-corrected chi connectivity index (χ2v) is 6.67. The second kappa shape index (κ2) is 13.7. The Balaban J connectivity index is 1.75. The summed E-state index contributed by atoms with van der Waals surface area (Å²) in [5.74, 6) is 3.14. The van der Waals surface area contributed by atoms with Crippen molar-refractivity contribution in [3.05, 3.63) is 48.0 Å². The molecule has 0 radical (unpaired) electrons. The van der Waals surface area contributed by atoms with Crippen molar-refractivity contribution in [1.82, 2.24) is 5.32 Å². The predicted molar refractivity (Wildman–Crippen MR) is 119 cm³/mol. The Bertz CT molecular complexity index is 737. The number of hydrogen-bond donors (Lipinski definition) is 1. The smallest absolute Gasteiger partial charge is 0.161 e. The zero-order valence-corrected chi connectivity index (χ0v) is 18.6. The van der Waals surface area contributed by atoms with Crippen LogP contribution in [-0.4, -0.2) is 47.1 Å². The summed E-state index contributed by atoms with van der Waals surface area (Å²) < 4.78 is 28.2. The molecule has 0 saturated carbocycles. The van der Waals surface area contributed by atoms with Crippen LogP contribution in [0.2, 0.25) is 0 Å². The van der Waals surface area contributed by atoms with Crippen LogP contribution in [0, 0.1) is 0 Å². The summed E-state index contributed by atoms with van der Waals surface area (Å²) in [6.45, 7) is 7.50. The fourth-order valence-corrected chi connectivity index (χ4v) is 3.23. The van der Waals surface area contributed by atoms with Crippen molar-refractivity contribution in [1.29, 1.82) is 0 Å². The molecule has 0 aromatic heterocycles. The van der Waals surface area contributed by atoms with Gasteiger partial charge in [0.1, 0.15) is 18.1 Å². The molecular weight excluding hydrogens is 382 g/mol. The standard InChI is InChI=1S/C24H35NO5/c1-5-28-21(20-14-13-19(26-3)18-24(20)27-4)12-9-15-25-16-17-30-23-11-8-7-10-22(23)29-6-2/h7-8,10-11,13-14,18,21,25H,5-6,9,12,15-17H2,1-4H3. The Kier molecular flexibility index (Phi) is 10.9. The number of hydrogen-bond acceptors (Lipinski definition) is 6. The molecular formula is C24H35NO5. The fraction of sp³-hybridized carbons (Fsp3) is 0.500. The van der Waals surface area contributed by atoms with Crippen LogP contribution in [0.25, 0.3) is 0 Å². The number of rotatable bonds is 15. The minimum atomic E-state index is -0.00743. The number of nitrogens with one attached hydrogen (secondary N) is 1. The Morgan fingerprint density at radius 2 is 1.60 bits per heavy atom. The van der Waals surface area contributed by atoms with E-state index in [-0.39, 0.29) is 6.10 Å². The summed E-state index contributed by atoms with van der Waals surface area (Å²) in [4.78, 5) is 0. The molecule has 6 nitrogen and oxygen atoms in total. The first-order valence-corrected chi connectivity index (χ1v) is 10.6. The van der Waals surface area contributed by atoms with Gasteiger partial charge < -0.3 is 29.0 Å². The summed E-state index contributed by atoms with van der Waals surface area (Å²) in [7, 11) is 3.33. The topological polar surface area (TPSA) is 58.2 Å². The predicted octanol–water partition coefficient (Wildman–Crippen LogP) is 4.63. The third kappa shape index (κ3) is 7.43. The van der Waals surface area contributed by atoms with Gasteiger partial charge in [0, 0.05) is 24.8 Å². The Morgan fingerprint density at radius 3 is 2.27 bits per heavy atom. The van der Waals surface area contributed by atoms with Crippen LogP contribution in [-0.2, 0) is 4.74 Å². The van der Waals surface area contributed by atoms with Crippen LogP contribution in [0.4, 0.5) is 0 Å². The Morgan fingerprint density at radius 1 is 0.833 bits per heavy atom. The van der Waals surface area contributed by atoms with Crippen molar-refractivity contribution >= 4 is 0 Å². The van der Waals surface area contributed by atoms with Gasteiger partial charge in [0.25, 0.3) is 0 Å². The third-order valence-electron chi connectivity index (χ3n) is 4.66. The summed E-state index contributed by atoms with van der Waals surface area (Å²) >= 11 is 0. The second-order valence-electron chi connectivity index (χ2n) is 6.67. The quantitative estimate of drug-likeness (QED) is 0.427. The molecule has 0 aliphatic heterocycles. The highest BCUT2D eigenvalue weighted by Crippen LogP contribution is 2.33. The van der Waals surface area contributed by atoms with E-state index in [1.54, 1.807) is 14.2 Å². The lowest BCUT2D eigenvalue weighted by molar-refractivity contribution is 0.0529. The molecule has 2 aromatic rings. The number of methoxy groups -OCH3 is 2. The van der Waals surface area contributed by atoms with Gasteiger partial charge in [0.2, 0.25) is 0 Å². The molecule has 30 heavy (non-hydrogen) atoms. The maximum Gasteiger partial charge on any atom is 0.161 e.